The Morgan fingerprint density at radius 3 is 2.48 bits per heavy atom. The van der Waals surface area contributed by atoms with Gasteiger partial charge in [-0.05, 0) is 48.9 Å². The molecule has 1 aliphatic carbocycles. The number of ether oxygens (including phenoxy) is 1. The summed E-state index contributed by atoms with van der Waals surface area (Å²) in [5.41, 5.74) is 2.19. The minimum atomic E-state index is 0.116. The molecule has 1 saturated carbocycles. The minimum Gasteiger partial charge on any atom is -0.379 e. The predicted molar refractivity (Wildman–Crippen MR) is 108 cm³/mol. The molecule has 2 atom stereocenters. The Labute approximate surface area is 163 Å². The number of anilines is 1. The number of carbonyl (C=O) groups is 1. The number of benzene rings is 1. The van der Waals surface area contributed by atoms with Crippen LogP contribution in [0.15, 0.2) is 24.3 Å². The van der Waals surface area contributed by atoms with Crippen LogP contribution in [0.2, 0.25) is 0 Å². The Morgan fingerprint density at radius 2 is 1.70 bits per heavy atom. The maximum atomic E-state index is 12.5. The van der Waals surface area contributed by atoms with Crippen molar-refractivity contribution in [3.63, 3.8) is 0 Å². The SMILES string of the molecule is O=C(CN1CC[C@H]2CCCC[C@@H]2C1)Nc1ccc(CN2CCOCC2)cc1. The molecule has 2 aliphatic heterocycles. The number of morpholine rings is 1. The third-order valence-corrected chi connectivity index (χ3v) is 6.49. The molecule has 0 spiro atoms. The van der Waals surface area contributed by atoms with Crippen molar-refractivity contribution >= 4 is 11.6 Å². The van der Waals surface area contributed by atoms with Gasteiger partial charge in [0.25, 0.3) is 0 Å². The van der Waals surface area contributed by atoms with Crippen LogP contribution in [0.25, 0.3) is 0 Å². The van der Waals surface area contributed by atoms with Crippen LogP contribution in [0.4, 0.5) is 5.69 Å². The molecule has 1 aromatic rings. The highest BCUT2D eigenvalue weighted by Gasteiger charge is 2.31. The lowest BCUT2D eigenvalue weighted by Crippen LogP contribution is -2.44. The van der Waals surface area contributed by atoms with Crippen molar-refractivity contribution in [1.29, 1.82) is 0 Å². The monoisotopic (exact) mass is 371 g/mol. The fourth-order valence-electron chi connectivity index (χ4n) is 4.93. The van der Waals surface area contributed by atoms with Gasteiger partial charge < -0.3 is 10.1 Å². The third-order valence-electron chi connectivity index (χ3n) is 6.49. The lowest BCUT2D eigenvalue weighted by Gasteiger charge is -2.41. The average Bonchev–Trinajstić information content (AvgIpc) is 2.70. The maximum Gasteiger partial charge on any atom is 0.238 e. The summed E-state index contributed by atoms with van der Waals surface area (Å²) in [6.45, 7) is 7.31. The summed E-state index contributed by atoms with van der Waals surface area (Å²) >= 11 is 0. The van der Waals surface area contributed by atoms with Gasteiger partial charge in [-0.3, -0.25) is 14.6 Å². The van der Waals surface area contributed by atoms with Crippen LogP contribution in [-0.4, -0.2) is 61.6 Å². The molecule has 3 fully saturated rings. The summed E-state index contributed by atoms with van der Waals surface area (Å²) in [4.78, 5) is 17.2. The van der Waals surface area contributed by atoms with Crippen LogP contribution in [-0.2, 0) is 16.1 Å². The molecule has 5 nitrogen and oxygen atoms in total. The van der Waals surface area contributed by atoms with Crippen molar-refractivity contribution in [1.82, 2.24) is 9.80 Å². The zero-order valence-electron chi connectivity index (χ0n) is 16.4. The summed E-state index contributed by atoms with van der Waals surface area (Å²) in [6, 6.07) is 8.30. The molecule has 1 N–H and O–H groups in total. The van der Waals surface area contributed by atoms with E-state index in [1.165, 1.54) is 37.7 Å². The first kappa shape index (κ1) is 18.9. The molecule has 3 aliphatic rings. The van der Waals surface area contributed by atoms with Crippen molar-refractivity contribution in [2.24, 2.45) is 11.8 Å². The number of hydrogen-bond acceptors (Lipinski definition) is 4. The van der Waals surface area contributed by atoms with Gasteiger partial charge in [-0.25, -0.2) is 0 Å². The molecule has 2 saturated heterocycles. The van der Waals surface area contributed by atoms with Crippen molar-refractivity contribution in [3.05, 3.63) is 29.8 Å². The normalized spacial score (nSPS) is 27.1. The average molecular weight is 372 g/mol. The van der Waals surface area contributed by atoms with E-state index in [4.69, 9.17) is 4.74 Å². The van der Waals surface area contributed by atoms with Gasteiger partial charge >= 0.3 is 0 Å². The second kappa shape index (κ2) is 9.18. The van der Waals surface area contributed by atoms with E-state index in [0.29, 0.717) is 6.54 Å². The maximum absolute atomic E-state index is 12.5. The first-order valence-corrected chi connectivity index (χ1v) is 10.7. The molecule has 0 unspecified atom stereocenters. The van der Waals surface area contributed by atoms with Crippen LogP contribution < -0.4 is 5.32 Å². The number of piperidine rings is 1. The number of fused-ring (bicyclic) bond motifs is 1. The quantitative estimate of drug-likeness (QED) is 0.864. The topological polar surface area (TPSA) is 44.8 Å². The van der Waals surface area contributed by atoms with E-state index in [1.807, 2.05) is 12.1 Å². The van der Waals surface area contributed by atoms with E-state index >= 15 is 0 Å². The number of nitrogens with zero attached hydrogens (tertiary/aromatic N) is 2. The number of carbonyl (C=O) groups excluding carboxylic acids is 1. The van der Waals surface area contributed by atoms with Crippen LogP contribution in [0.1, 0.15) is 37.7 Å². The van der Waals surface area contributed by atoms with E-state index in [9.17, 15) is 4.79 Å². The smallest absolute Gasteiger partial charge is 0.238 e. The Bertz CT molecular complexity index is 612. The van der Waals surface area contributed by atoms with Crippen molar-refractivity contribution in [3.8, 4) is 0 Å². The molecular formula is C22H33N3O2. The van der Waals surface area contributed by atoms with Crippen LogP contribution in [0.3, 0.4) is 0 Å². The molecule has 2 heterocycles. The molecule has 1 amide bonds. The van der Waals surface area contributed by atoms with Crippen molar-refractivity contribution in [2.75, 3.05) is 51.3 Å². The van der Waals surface area contributed by atoms with E-state index < -0.39 is 0 Å². The van der Waals surface area contributed by atoms with Crippen molar-refractivity contribution in [2.45, 2.75) is 38.6 Å². The van der Waals surface area contributed by atoms with Crippen LogP contribution in [0.5, 0.6) is 0 Å². The minimum absolute atomic E-state index is 0.116. The second-order valence-electron chi connectivity index (χ2n) is 8.46. The number of nitrogens with one attached hydrogen (secondary N) is 1. The summed E-state index contributed by atoms with van der Waals surface area (Å²) in [7, 11) is 0. The van der Waals surface area contributed by atoms with Gasteiger partial charge in [-0.2, -0.15) is 0 Å². The van der Waals surface area contributed by atoms with Gasteiger partial charge in [0.15, 0.2) is 0 Å². The predicted octanol–water partition coefficient (Wildman–Crippen LogP) is 2.97. The molecule has 4 rings (SSSR count). The zero-order chi connectivity index (χ0) is 18.5. The van der Waals surface area contributed by atoms with Gasteiger partial charge in [-0.1, -0.05) is 31.4 Å². The highest BCUT2D eigenvalue weighted by molar-refractivity contribution is 5.92. The summed E-state index contributed by atoms with van der Waals surface area (Å²) < 4.78 is 5.40. The molecular weight excluding hydrogens is 338 g/mol. The lowest BCUT2D eigenvalue weighted by molar-refractivity contribution is -0.118. The molecule has 0 radical (unpaired) electrons. The summed E-state index contributed by atoms with van der Waals surface area (Å²) in [5.74, 6) is 1.85. The largest absolute Gasteiger partial charge is 0.379 e. The Morgan fingerprint density at radius 1 is 0.963 bits per heavy atom. The Hall–Kier alpha value is -1.43. The van der Waals surface area contributed by atoms with Crippen molar-refractivity contribution < 1.29 is 9.53 Å². The first-order valence-electron chi connectivity index (χ1n) is 10.7. The number of hydrogen-bond donors (Lipinski definition) is 1. The molecule has 0 bridgehead atoms. The third kappa shape index (κ3) is 5.31. The van der Waals surface area contributed by atoms with Gasteiger partial charge in [0, 0.05) is 31.9 Å². The number of amides is 1. The van der Waals surface area contributed by atoms with E-state index in [-0.39, 0.29) is 5.91 Å². The molecule has 0 aromatic heterocycles. The molecule has 148 valence electrons. The number of rotatable bonds is 5. The van der Waals surface area contributed by atoms with E-state index in [2.05, 4.69) is 27.2 Å². The molecule has 5 heteroatoms. The fourth-order valence-corrected chi connectivity index (χ4v) is 4.93. The zero-order valence-corrected chi connectivity index (χ0v) is 16.4. The molecule has 27 heavy (non-hydrogen) atoms. The standard InChI is InChI=1S/C22H33N3O2/c26-22(17-25-10-9-19-3-1-2-4-20(19)16-25)23-21-7-5-18(6-8-21)15-24-11-13-27-14-12-24/h5-8,19-20H,1-4,9-17H2,(H,23,26)/t19-,20-/m1/s1. The van der Waals surface area contributed by atoms with E-state index in [1.54, 1.807) is 0 Å². The number of likely N-dealkylation sites (tertiary alicyclic amines) is 1. The highest BCUT2D eigenvalue weighted by atomic mass is 16.5. The second-order valence-corrected chi connectivity index (χ2v) is 8.46. The Balaban J connectivity index is 1.23. The lowest BCUT2D eigenvalue weighted by atomic mass is 9.75. The van der Waals surface area contributed by atoms with Crippen LogP contribution in [0, 0.1) is 11.8 Å². The van der Waals surface area contributed by atoms with Gasteiger partial charge in [0.05, 0.1) is 19.8 Å². The highest BCUT2D eigenvalue weighted by Crippen LogP contribution is 2.35. The fraction of sp³-hybridized carbons (Fsp3) is 0.682. The first-order chi connectivity index (χ1) is 13.3. The summed E-state index contributed by atoms with van der Waals surface area (Å²) in [5, 5.41) is 3.08. The molecule has 1 aromatic carbocycles. The van der Waals surface area contributed by atoms with Gasteiger partial charge in [-0.15, -0.1) is 0 Å². The van der Waals surface area contributed by atoms with Gasteiger partial charge in [0.1, 0.15) is 0 Å². The van der Waals surface area contributed by atoms with Gasteiger partial charge in [0.2, 0.25) is 5.91 Å². The summed E-state index contributed by atoms with van der Waals surface area (Å²) in [6.07, 6.45) is 6.81. The van der Waals surface area contributed by atoms with E-state index in [0.717, 1.165) is 63.5 Å². The van der Waals surface area contributed by atoms with Crippen LogP contribution >= 0.6 is 0 Å². The Kier molecular flexibility index (Phi) is 6.43.